The summed E-state index contributed by atoms with van der Waals surface area (Å²) in [6, 6.07) is 5.18. The molecular weight excluding hydrogens is 374 g/mol. The molecule has 26 heavy (non-hydrogen) atoms. The van der Waals surface area contributed by atoms with Gasteiger partial charge in [-0.05, 0) is 61.8 Å². The molecule has 0 spiro atoms. The summed E-state index contributed by atoms with van der Waals surface area (Å²) >= 11 is 0. The molecule has 0 saturated carbocycles. The van der Waals surface area contributed by atoms with E-state index in [9.17, 15) is 13.2 Å². The fourth-order valence-electron chi connectivity index (χ4n) is 3.96. The molecule has 1 saturated heterocycles. The number of rotatable bonds is 5. The van der Waals surface area contributed by atoms with Gasteiger partial charge in [-0.3, -0.25) is 4.79 Å². The van der Waals surface area contributed by atoms with Crippen LogP contribution in [0.15, 0.2) is 18.2 Å². The fraction of sp³-hybridized carbons (Fsp3) is 0.611. The number of carbonyl (C=O) groups is 1. The number of amides is 1. The summed E-state index contributed by atoms with van der Waals surface area (Å²) in [5.41, 5.74) is 8.88. The van der Waals surface area contributed by atoms with E-state index in [0.29, 0.717) is 19.4 Å². The number of nitrogens with zero attached hydrogens (tertiary/aromatic N) is 1. The highest BCUT2D eigenvalue weighted by Gasteiger charge is 2.39. The van der Waals surface area contributed by atoms with Crippen molar-refractivity contribution in [3.05, 3.63) is 29.3 Å². The lowest BCUT2D eigenvalue weighted by atomic mass is 9.87. The average molecular weight is 402 g/mol. The van der Waals surface area contributed by atoms with E-state index in [4.69, 9.17) is 5.73 Å². The van der Waals surface area contributed by atoms with Crippen LogP contribution in [-0.2, 0) is 21.2 Å². The number of hydrogen-bond donors (Lipinski definition) is 2. The van der Waals surface area contributed by atoms with Gasteiger partial charge in [-0.2, -0.15) is 4.31 Å². The number of sulfonamides is 1. The maximum Gasteiger partial charge on any atom is 0.238 e. The third-order valence-corrected chi connectivity index (χ3v) is 7.20. The second-order valence-electron chi connectivity index (χ2n) is 7.00. The molecule has 146 valence electrons. The summed E-state index contributed by atoms with van der Waals surface area (Å²) in [5, 5.41) is 3.09. The fourth-order valence-corrected chi connectivity index (χ4v) is 5.71. The number of anilines is 1. The minimum Gasteiger partial charge on any atom is -0.399 e. The first-order valence-corrected chi connectivity index (χ1v) is 10.7. The molecular formula is C18H28ClN3O3S. The Balaban J connectivity index is 0.00000243. The lowest BCUT2D eigenvalue weighted by molar-refractivity contribution is -0.125. The van der Waals surface area contributed by atoms with E-state index >= 15 is 0 Å². The summed E-state index contributed by atoms with van der Waals surface area (Å²) < 4.78 is 26.2. The van der Waals surface area contributed by atoms with Crippen LogP contribution in [0.4, 0.5) is 5.69 Å². The van der Waals surface area contributed by atoms with Gasteiger partial charge >= 0.3 is 0 Å². The zero-order valence-electron chi connectivity index (χ0n) is 15.1. The molecule has 8 heteroatoms. The van der Waals surface area contributed by atoms with Crippen molar-refractivity contribution < 1.29 is 13.2 Å². The smallest absolute Gasteiger partial charge is 0.238 e. The van der Waals surface area contributed by atoms with Crippen molar-refractivity contribution in [1.82, 2.24) is 9.62 Å². The lowest BCUT2D eigenvalue weighted by Gasteiger charge is -2.29. The van der Waals surface area contributed by atoms with E-state index in [0.717, 1.165) is 36.9 Å². The third-order valence-electron chi connectivity index (χ3n) is 5.12. The Labute approximate surface area is 162 Å². The highest BCUT2D eigenvalue weighted by atomic mass is 35.5. The van der Waals surface area contributed by atoms with Crippen molar-refractivity contribution in [2.75, 3.05) is 18.0 Å². The lowest BCUT2D eigenvalue weighted by Crippen LogP contribution is -2.47. The molecule has 1 amide bonds. The van der Waals surface area contributed by atoms with Crippen LogP contribution in [0.2, 0.25) is 0 Å². The zero-order chi connectivity index (χ0) is 18.0. The van der Waals surface area contributed by atoms with E-state index in [1.54, 1.807) is 0 Å². The number of fused-ring (bicyclic) bond motifs is 1. The van der Waals surface area contributed by atoms with E-state index < -0.39 is 16.1 Å². The molecule has 3 N–H and O–H groups in total. The van der Waals surface area contributed by atoms with Crippen LogP contribution in [-0.4, -0.2) is 37.0 Å². The summed E-state index contributed by atoms with van der Waals surface area (Å²) in [6.07, 6.45) is 4.72. The van der Waals surface area contributed by atoms with Crippen molar-refractivity contribution in [3.63, 3.8) is 0 Å². The van der Waals surface area contributed by atoms with Crippen LogP contribution in [0.1, 0.15) is 56.2 Å². The predicted octanol–water partition coefficient (Wildman–Crippen LogP) is 2.39. The Bertz CT molecular complexity index is 754. The third kappa shape index (κ3) is 4.32. The minimum absolute atomic E-state index is 0. The van der Waals surface area contributed by atoms with Crippen molar-refractivity contribution in [3.8, 4) is 0 Å². The number of halogens is 1. The molecule has 1 fully saturated rings. The van der Waals surface area contributed by atoms with Gasteiger partial charge in [0.15, 0.2) is 0 Å². The molecule has 1 aliphatic heterocycles. The molecule has 6 nitrogen and oxygen atoms in total. The monoisotopic (exact) mass is 401 g/mol. The molecule has 3 rings (SSSR count). The summed E-state index contributed by atoms with van der Waals surface area (Å²) in [6.45, 7) is 2.28. The van der Waals surface area contributed by atoms with Crippen LogP contribution >= 0.6 is 12.4 Å². The zero-order valence-corrected chi connectivity index (χ0v) is 16.7. The normalized spacial score (nSPS) is 23.1. The molecule has 0 aromatic heterocycles. The molecule has 1 heterocycles. The van der Waals surface area contributed by atoms with E-state index in [1.807, 2.05) is 25.1 Å². The highest BCUT2D eigenvalue weighted by molar-refractivity contribution is 7.89. The Kier molecular flexibility index (Phi) is 6.93. The number of aryl methyl sites for hydroxylation is 1. The first kappa shape index (κ1) is 21.0. The first-order chi connectivity index (χ1) is 11.9. The molecule has 2 unspecified atom stereocenters. The minimum atomic E-state index is -3.36. The van der Waals surface area contributed by atoms with Gasteiger partial charge in [0.2, 0.25) is 15.9 Å². The molecule has 2 atom stereocenters. The number of hydrogen-bond acceptors (Lipinski definition) is 4. The standard InChI is InChI=1S/C18H27N3O3S.ClH/c1-2-11-25(23,24)21-10-4-7-17(21)18(22)20-16-6-3-5-13-12-14(19)8-9-15(13)16;/h8-9,12,16-17H,2-7,10-11,19H2,1H3,(H,20,22);1H. The van der Waals surface area contributed by atoms with Crippen LogP contribution in [0, 0.1) is 0 Å². The topological polar surface area (TPSA) is 92.5 Å². The van der Waals surface area contributed by atoms with Crippen LogP contribution in [0.3, 0.4) is 0 Å². The summed E-state index contributed by atoms with van der Waals surface area (Å²) in [5.74, 6) is -0.0747. The van der Waals surface area contributed by atoms with E-state index in [1.165, 1.54) is 9.87 Å². The molecule has 1 aromatic carbocycles. The molecule has 0 radical (unpaired) electrons. The van der Waals surface area contributed by atoms with Gasteiger partial charge in [-0.15, -0.1) is 12.4 Å². The van der Waals surface area contributed by atoms with Gasteiger partial charge in [0, 0.05) is 12.2 Å². The van der Waals surface area contributed by atoms with Crippen LogP contribution in [0.5, 0.6) is 0 Å². The Morgan fingerprint density at radius 3 is 2.81 bits per heavy atom. The van der Waals surface area contributed by atoms with Crippen molar-refractivity contribution in [2.24, 2.45) is 0 Å². The molecule has 2 aliphatic rings. The van der Waals surface area contributed by atoms with Crippen LogP contribution < -0.4 is 11.1 Å². The van der Waals surface area contributed by atoms with E-state index in [-0.39, 0.29) is 30.1 Å². The molecule has 0 bridgehead atoms. The van der Waals surface area contributed by atoms with Gasteiger partial charge in [0.1, 0.15) is 6.04 Å². The number of nitrogens with two attached hydrogens (primary N) is 1. The van der Waals surface area contributed by atoms with Gasteiger partial charge in [0.05, 0.1) is 11.8 Å². The quantitative estimate of drug-likeness (QED) is 0.741. The highest BCUT2D eigenvalue weighted by Crippen LogP contribution is 2.32. The first-order valence-electron chi connectivity index (χ1n) is 9.10. The summed E-state index contributed by atoms with van der Waals surface area (Å²) in [7, 11) is -3.36. The van der Waals surface area contributed by atoms with Gasteiger partial charge in [-0.1, -0.05) is 13.0 Å². The van der Waals surface area contributed by atoms with Crippen molar-refractivity contribution in [1.29, 1.82) is 0 Å². The maximum absolute atomic E-state index is 12.8. The Hall–Kier alpha value is -1.31. The largest absolute Gasteiger partial charge is 0.399 e. The molecule has 1 aliphatic carbocycles. The SMILES string of the molecule is CCCS(=O)(=O)N1CCCC1C(=O)NC1CCCc2cc(N)ccc21.Cl. The Morgan fingerprint density at radius 2 is 2.08 bits per heavy atom. The second-order valence-corrected chi connectivity index (χ2v) is 9.04. The van der Waals surface area contributed by atoms with Crippen LogP contribution in [0.25, 0.3) is 0 Å². The maximum atomic E-state index is 12.8. The number of carbonyl (C=O) groups excluding carboxylic acids is 1. The second kappa shape index (κ2) is 8.59. The summed E-state index contributed by atoms with van der Waals surface area (Å²) in [4.78, 5) is 12.8. The molecule has 1 aromatic rings. The number of nitrogens with one attached hydrogen (secondary N) is 1. The van der Waals surface area contributed by atoms with Gasteiger partial charge < -0.3 is 11.1 Å². The number of nitrogen functional groups attached to an aromatic ring is 1. The Morgan fingerprint density at radius 1 is 1.31 bits per heavy atom. The van der Waals surface area contributed by atoms with Gasteiger partial charge in [0.25, 0.3) is 0 Å². The van der Waals surface area contributed by atoms with Crippen molar-refractivity contribution in [2.45, 2.75) is 57.5 Å². The van der Waals surface area contributed by atoms with E-state index in [2.05, 4.69) is 5.32 Å². The average Bonchev–Trinajstić information content (AvgIpc) is 3.05. The predicted molar refractivity (Wildman–Crippen MR) is 106 cm³/mol. The van der Waals surface area contributed by atoms with Gasteiger partial charge in [-0.25, -0.2) is 8.42 Å². The van der Waals surface area contributed by atoms with Crippen molar-refractivity contribution >= 4 is 34.0 Å². The number of benzene rings is 1.